The van der Waals surface area contributed by atoms with Gasteiger partial charge in [0.25, 0.3) is 0 Å². The maximum Gasteiger partial charge on any atom is 0.246 e. The normalized spacial score (nSPS) is 16.0. The van der Waals surface area contributed by atoms with E-state index in [-0.39, 0.29) is 24.8 Å². The monoisotopic (exact) mass is 410 g/mol. The molecule has 1 fully saturated rings. The largest absolute Gasteiger partial charge is 0.339 e. The molecule has 1 heterocycles. The minimum atomic E-state index is -4.56. The second-order valence-electron chi connectivity index (χ2n) is 6.52. The first-order valence-electron chi connectivity index (χ1n) is 7.87. The number of likely N-dealkylation sites (tertiary alicyclic amines) is 1. The lowest BCUT2D eigenvalue weighted by atomic mass is 10.2. The Labute approximate surface area is 151 Å². The summed E-state index contributed by atoms with van der Waals surface area (Å²) in [7, 11) is -7.88. The van der Waals surface area contributed by atoms with Gasteiger partial charge in [0.15, 0.2) is 14.7 Å². The number of hydrogen-bond donors (Lipinski definition) is 1. The first kappa shape index (κ1) is 20.7. The Hall–Kier alpha value is -1.59. The molecule has 0 unspecified atom stereocenters. The van der Waals surface area contributed by atoms with E-state index in [0.717, 1.165) is 18.2 Å². The van der Waals surface area contributed by atoms with Gasteiger partial charge in [-0.1, -0.05) is 19.9 Å². The Balaban J connectivity index is 1.94. The van der Waals surface area contributed by atoms with Crippen molar-refractivity contribution in [2.75, 3.05) is 25.4 Å². The number of carbonyl (C=O) groups excluding carboxylic acids is 1. The van der Waals surface area contributed by atoms with Gasteiger partial charge >= 0.3 is 0 Å². The van der Waals surface area contributed by atoms with Crippen LogP contribution in [0, 0.1) is 17.6 Å². The van der Waals surface area contributed by atoms with Crippen LogP contribution in [0.5, 0.6) is 0 Å². The molecule has 2 rings (SSSR count). The summed E-state index contributed by atoms with van der Waals surface area (Å²) in [5.74, 6) is -3.23. The molecule has 1 saturated heterocycles. The predicted octanol–water partition coefficient (Wildman–Crippen LogP) is 0.525. The van der Waals surface area contributed by atoms with Crippen LogP contribution in [0.25, 0.3) is 0 Å². The summed E-state index contributed by atoms with van der Waals surface area (Å²) >= 11 is 0. The van der Waals surface area contributed by atoms with E-state index in [9.17, 15) is 30.4 Å². The Morgan fingerprint density at radius 1 is 1.19 bits per heavy atom. The number of sulfonamides is 1. The molecule has 1 aliphatic heterocycles. The van der Waals surface area contributed by atoms with E-state index in [1.54, 1.807) is 13.8 Å². The summed E-state index contributed by atoms with van der Waals surface area (Å²) in [5, 5.41) is -0.672. The number of halogens is 2. The zero-order valence-corrected chi connectivity index (χ0v) is 15.9. The van der Waals surface area contributed by atoms with Crippen molar-refractivity contribution in [2.45, 2.75) is 24.0 Å². The molecule has 0 spiro atoms. The van der Waals surface area contributed by atoms with Crippen molar-refractivity contribution in [1.82, 2.24) is 9.62 Å². The Bertz CT molecular complexity index is 874. The highest BCUT2D eigenvalue weighted by atomic mass is 32.2. The SMILES string of the molecule is CC(C)CS(=O)(=O)C1CN(C(=O)CNS(=O)(=O)c2c(F)cccc2F)C1. The zero-order valence-electron chi connectivity index (χ0n) is 14.3. The molecule has 7 nitrogen and oxygen atoms in total. The van der Waals surface area contributed by atoms with E-state index in [1.165, 1.54) is 4.90 Å². The van der Waals surface area contributed by atoms with Crippen LogP contribution in [0.4, 0.5) is 8.78 Å². The topological polar surface area (TPSA) is 101 Å². The molecular weight excluding hydrogens is 390 g/mol. The van der Waals surface area contributed by atoms with Crippen LogP contribution in [-0.4, -0.2) is 58.3 Å². The number of benzene rings is 1. The minimum absolute atomic E-state index is 0.0128. The van der Waals surface area contributed by atoms with Gasteiger partial charge in [-0.25, -0.2) is 30.3 Å². The molecule has 0 atom stereocenters. The number of carbonyl (C=O) groups is 1. The lowest BCUT2D eigenvalue weighted by Crippen LogP contribution is -2.59. The summed E-state index contributed by atoms with van der Waals surface area (Å²) < 4.78 is 77.0. The first-order valence-corrected chi connectivity index (χ1v) is 11.1. The van der Waals surface area contributed by atoms with Crippen molar-refractivity contribution in [3.63, 3.8) is 0 Å². The van der Waals surface area contributed by atoms with Crippen LogP contribution in [0.2, 0.25) is 0 Å². The van der Waals surface area contributed by atoms with Gasteiger partial charge in [-0.05, 0) is 18.1 Å². The Morgan fingerprint density at radius 2 is 1.73 bits per heavy atom. The summed E-state index contributed by atoms with van der Waals surface area (Å²) in [6, 6.07) is 2.60. The Morgan fingerprint density at radius 3 is 2.23 bits per heavy atom. The van der Waals surface area contributed by atoms with Crippen LogP contribution >= 0.6 is 0 Å². The van der Waals surface area contributed by atoms with Crippen LogP contribution in [-0.2, 0) is 24.7 Å². The summed E-state index contributed by atoms with van der Waals surface area (Å²) in [4.78, 5) is 12.0. The summed E-state index contributed by atoms with van der Waals surface area (Å²) in [6.07, 6.45) is 0. The molecule has 0 bridgehead atoms. The standard InChI is InChI=1S/C15H20F2N2O5S2/c1-10(2)9-25(21,22)11-7-19(8-11)14(20)6-18-26(23,24)15-12(16)4-3-5-13(15)17/h3-5,10-11,18H,6-9H2,1-2H3. The van der Waals surface area contributed by atoms with Crippen molar-refractivity contribution < 1.29 is 30.4 Å². The molecule has 1 N–H and O–H groups in total. The number of amides is 1. The lowest BCUT2D eigenvalue weighted by Gasteiger charge is -2.39. The highest BCUT2D eigenvalue weighted by Gasteiger charge is 2.39. The smallest absolute Gasteiger partial charge is 0.246 e. The van der Waals surface area contributed by atoms with Crippen molar-refractivity contribution >= 4 is 25.8 Å². The Kier molecular flexibility index (Phi) is 6.03. The van der Waals surface area contributed by atoms with Gasteiger partial charge in [0, 0.05) is 13.1 Å². The van der Waals surface area contributed by atoms with E-state index in [1.807, 2.05) is 4.72 Å². The van der Waals surface area contributed by atoms with Gasteiger partial charge in [0.2, 0.25) is 15.9 Å². The molecule has 1 amide bonds. The van der Waals surface area contributed by atoms with Gasteiger partial charge < -0.3 is 4.90 Å². The van der Waals surface area contributed by atoms with Gasteiger partial charge in [0.05, 0.1) is 17.5 Å². The fraction of sp³-hybridized carbons (Fsp3) is 0.533. The molecule has 146 valence electrons. The molecule has 1 aromatic rings. The highest BCUT2D eigenvalue weighted by Crippen LogP contribution is 2.20. The summed E-state index contributed by atoms with van der Waals surface area (Å²) in [6.45, 7) is 2.78. The fourth-order valence-corrected chi connectivity index (χ4v) is 5.67. The van der Waals surface area contributed by atoms with Crippen LogP contribution in [0.1, 0.15) is 13.8 Å². The number of nitrogens with one attached hydrogen (secondary N) is 1. The van der Waals surface area contributed by atoms with Crippen molar-refractivity contribution in [2.24, 2.45) is 5.92 Å². The average Bonchev–Trinajstić information content (AvgIpc) is 2.41. The number of rotatable bonds is 7. The number of hydrogen-bond acceptors (Lipinski definition) is 5. The van der Waals surface area contributed by atoms with E-state index < -0.39 is 54.1 Å². The first-order chi connectivity index (χ1) is 11.9. The predicted molar refractivity (Wildman–Crippen MR) is 90.5 cm³/mol. The third-order valence-corrected chi connectivity index (χ3v) is 7.77. The zero-order chi connectivity index (χ0) is 19.7. The van der Waals surface area contributed by atoms with E-state index in [0.29, 0.717) is 0 Å². The second kappa shape index (κ2) is 7.57. The summed E-state index contributed by atoms with van der Waals surface area (Å²) in [5.41, 5.74) is 0. The maximum atomic E-state index is 13.6. The maximum absolute atomic E-state index is 13.6. The number of nitrogens with zero attached hydrogens (tertiary/aromatic N) is 1. The molecule has 1 aromatic carbocycles. The quantitative estimate of drug-likeness (QED) is 0.707. The van der Waals surface area contributed by atoms with Crippen molar-refractivity contribution in [3.8, 4) is 0 Å². The lowest BCUT2D eigenvalue weighted by molar-refractivity contribution is -0.133. The third kappa shape index (κ3) is 4.57. The van der Waals surface area contributed by atoms with Crippen molar-refractivity contribution in [1.29, 1.82) is 0 Å². The van der Waals surface area contributed by atoms with Gasteiger partial charge in [0.1, 0.15) is 11.6 Å². The van der Waals surface area contributed by atoms with Gasteiger partial charge in [-0.3, -0.25) is 4.79 Å². The van der Waals surface area contributed by atoms with E-state index in [2.05, 4.69) is 0 Å². The van der Waals surface area contributed by atoms with Gasteiger partial charge in [-0.15, -0.1) is 0 Å². The van der Waals surface area contributed by atoms with Crippen LogP contribution in [0.3, 0.4) is 0 Å². The molecular formula is C15H20F2N2O5S2. The molecule has 1 aliphatic rings. The average molecular weight is 410 g/mol. The van der Waals surface area contributed by atoms with Crippen LogP contribution < -0.4 is 4.72 Å². The molecule has 0 radical (unpaired) electrons. The molecule has 0 aliphatic carbocycles. The van der Waals surface area contributed by atoms with E-state index in [4.69, 9.17) is 0 Å². The highest BCUT2D eigenvalue weighted by molar-refractivity contribution is 7.92. The fourth-order valence-electron chi connectivity index (χ4n) is 2.55. The van der Waals surface area contributed by atoms with Crippen molar-refractivity contribution in [3.05, 3.63) is 29.8 Å². The molecule has 0 aromatic heterocycles. The molecule has 11 heteroatoms. The molecule has 0 saturated carbocycles. The van der Waals surface area contributed by atoms with E-state index >= 15 is 0 Å². The molecule has 26 heavy (non-hydrogen) atoms. The minimum Gasteiger partial charge on any atom is -0.339 e. The third-order valence-electron chi connectivity index (χ3n) is 3.88. The van der Waals surface area contributed by atoms with Gasteiger partial charge in [-0.2, -0.15) is 0 Å². The number of sulfone groups is 1. The second-order valence-corrected chi connectivity index (χ2v) is 10.5. The van der Waals surface area contributed by atoms with Crippen LogP contribution in [0.15, 0.2) is 23.1 Å².